The van der Waals surface area contributed by atoms with Gasteiger partial charge < -0.3 is 10.6 Å². The largest absolute Gasteiger partial charge is 0.333 e. The van der Waals surface area contributed by atoms with Gasteiger partial charge in [-0.1, -0.05) is 38.1 Å². The maximum atomic E-state index is 12.1. The lowest BCUT2D eigenvalue weighted by molar-refractivity contribution is -0.134. The van der Waals surface area contributed by atoms with E-state index in [0.717, 1.165) is 0 Å². The summed E-state index contributed by atoms with van der Waals surface area (Å²) in [4.78, 5) is 13.9. The van der Waals surface area contributed by atoms with Crippen LogP contribution < -0.4 is 5.73 Å². The fraction of sp³-hybridized carbons (Fsp3) is 0.462. The highest BCUT2D eigenvalue weighted by molar-refractivity contribution is 5.82. The second kappa shape index (κ2) is 4.26. The number of rotatable bonds is 2. The Kier molecular flexibility index (Phi) is 2.97. The highest BCUT2D eigenvalue weighted by Crippen LogP contribution is 2.23. The van der Waals surface area contributed by atoms with Crippen LogP contribution in [0.2, 0.25) is 0 Å². The molecular weight excluding hydrogens is 200 g/mol. The van der Waals surface area contributed by atoms with Gasteiger partial charge in [-0.3, -0.25) is 4.79 Å². The van der Waals surface area contributed by atoms with Crippen LogP contribution in [0.4, 0.5) is 0 Å². The molecule has 0 fully saturated rings. The van der Waals surface area contributed by atoms with Crippen molar-refractivity contribution < 1.29 is 4.79 Å². The van der Waals surface area contributed by atoms with Crippen LogP contribution in [-0.4, -0.2) is 16.8 Å². The number of amides is 1. The van der Waals surface area contributed by atoms with Crippen molar-refractivity contribution in [3.05, 3.63) is 35.4 Å². The molecule has 16 heavy (non-hydrogen) atoms. The number of hydrogen-bond acceptors (Lipinski definition) is 2. The van der Waals surface area contributed by atoms with Crippen molar-refractivity contribution in [3.63, 3.8) is 0 Å². The van der Waals surface area contributed by atoms with Gasteiger partial charge in [-0.25, -0.2) is 0 Å². The molecule has 1 atom stereocenters. The first kappa shape index (κ1) is 11.1. The highest BCUT2D eigenvalue weighted by Gasteiger charge is 2.28. The van der Waals surface area contributed by atoms with Crippen LogP contribution >= 0.6 is 0 Å². The molecule has 1 amide bonds. The number of carbonyl (C=O) groups excluding carboxylic acids is 1. The Balaban J connectivity index is 2.09. The Hall–Kier alpha value is -1.35. The smallest absolute Gasteiger partial charge is 0.240 e. The van der Waals surface area contributed by atoms with Crippen LogP contribution in [0.5, 0.6) is 0 Å². The van der Waals surface area contributed by atoms with Gasteiger partial charge in [0.1, 0.15) is 0 Å². The molecule has 3 heteroatoms. The average Bonchev–Trinajstić information content (AvgIpc) is 2.70. The van der Waals surface area contributed by atoms with Gasteiger partial charge >= 0.3 is 0 Å². The van der Waals surface area contributed by atoms with Crippen LogP contribution in [0.15, 0.2) is 24.3 Å². The molecule has 2 rings (SSSR count). The van der Waals surface area contributed by atoms with Crippen LogP contribution in [-0.2, 0) is 17.9 Å². The Morgan fingerprint density at radius 1 is 1.25 bits per heavy atom. The number of benzene rings is 1. The average molecular weight is 218 g/mol. The first-order chi connectivity index (χ1) is 7.59. The summed E-state index contributed by atoms with van der Waals surface area (Å²) in [6.45, 7) is 5.36. The van der Waals surface area contributed by atoms with Gasteiger partial charge in [-0.15, -0.1) is 0 Å². The molecular formula is C13H18N2O. The van der Waals surface area contributed by atoms with Crippen molar-refractivity contribution in [1.82, 2.24) is 4.90 Å². The maximum Gasteiger partial charge on any atom is 0.240 e. The highest BCUT2D eigenvalue weighted by atomic mass is 16.2. The number of hydrogen-bond donors (Lipinski definition) is 1. The third-order valence-electron chi connectivity index (χ3n) is 3.16. The van der Waals surface area contributed by atoms with E-state index in [0.29, 0.717) is 13.1 Å². The Bertz CT molecular complexity index is 376. The normalized spacial score (nSPS) is 16.4. The summed E-state index contributed by atoms with van der Waals surface area (Å²) >= 11 is 0. The van der Waals surface area contributed by atoms with Crippen LogP contribution in [0.25, 0.3) is 0 Å². The molecule has 86 valence electrons. The van der Waals surface area contributed by atoms with Gasteiger partial charge in [0.15, 0.2) is 0 Å². The predicted octanol–water partition coefficient (Wildman–Crippen LogP) is 1.51. The zero-order valence-electron chi connectivity index (χ0n) is 9.81. The third kappa shape index (κ3) is 1.95. The summed E-state index contributed by atoms with van der Waals surface area (Å²) in [7, 11) is 0. The van der Waals surface area contributed by atoms with E-state index in [9.17, 15) is 4.79 Å². The van der Waals surface area contributed by atoms with Crippen LogP contribution in [0.1, 0.15) is 25.0 Å². The van der Waals surface area contributed by atoms with Crippen molar-refractivity contribution >= 4 is 5.91 Å². The summed E-state index contributed by atoms with van der Waals surface area (Å²) in [5.74, 6) is 0.252. The van der Waals surface area contributed by atoms with E-state index in [2.05, 4.69) is 12.1 Å². The van der Waals surface area contributed by atoms with Crippen molar-refractivity contribution in [2.75, 3.05) is 0 Å². The molecule has 2 N–H and O–H groups in total. The first-order valence-electron chi connectivity index (χ1n) is 5.70. The fourth-order valence-electron chi connectivity index (χ4n) is 1.98. The minimum atomic E-state index is -0.380. The Morgan fingerprint density at radius 3 is 2.19 bits per heavy atom. The zero-order valence-corrected chi connectivity index (χ0v) is 9.81. The lowest BCUT2D eigenvalue weighted by Crippen LogP contribution is -2.44. The molecule has 0 spiro atoms. The minimum Gasteiger partial charge on any atom is -0.333 e. The second-order valence-corrected chi connectivity index (χ2v) is 4.73. The van der Waals surface area contributed by atoms with Gasteiger partial charge in [0.05, 0.1) is 6.04 Å². The van der Waals surface area contributed by atoms with Crippen molar-refractivity contribution in [1.29, 1.82) is 0 Å². The molecule has 1 aliphatic heterocycles. The third-order valence-corrected chi connectivity index (χ3v) is 3.16. The molecule has 0 radical (unpaired) electrons. The Morgan fingerprint density at radius 2 is 1.75 bits per heavy atom. The number of nitrogens with zero attached hydrogens (tertiary/aromatic N) is 1. The molecule has 1 heterocycles. The van der Waals surface area contributed by atoms with Crippen LogP contribution in [0.3, 0.4) is 0 Å². The van der Waals surface area contributed by atoms with Gasteiger partial charge in [-0.05, 0) is 17.0 Å². The number of carbonyl (C=O) groups is 1. The predicted molar refractivity (Wildman–Crippen MR) is 63.5 cm³/mol. The molecule has 1 aliphatic rings. The molecule has 0 bridgehead atoms. The van der Waals surface area contributed by atoms with E-state index < -0.39 is 0 Å². The van der Waals surface area contributed by atoms with Gasteiger partial charge in [0.25, 0.3) is 0 Å². The van der Waals surface area contributed by atoms with Crippen molar-refractivity contribution in [3.8, 4) is 0 Å². The monoisotopic (exact) mass is 218 g/mol. The lowest BCUT2D eigenvalue weighted by Gasteiger charge is -2.22. The second-order valence-electron chi connectivity index (χ2n) is 4.73. The molecule has 0 aliphatic carbocycles. The molecule has 0 unspecified atom stereocenters. The lowest BCUT2D eigenvalue weighted by atomic mass is 10.0. The standard InChI is InChI=1S/C13H18N2O/c1-9(2)12(14)13(16)15-7-10-5-3-4-6-11(10)8-15/h3-6,9,12H,7-8,14H2,1-2H3/t12-/m1/s1. The maximum absolute atomic E-state index is 12.1. The molecule has 0 saturated heterocycles. The molecule has 1 aromatic rings. The van der Waals surface area contributed by atoms with E-state index in [-0.39, 0.29) is 17.9 Å². The molecule has 0 aromatic heterocycles. The van der Waals surface area contributed by atoms with Crippen molar-refractivity contribution in [2.45, 2.75) is 33.0 Å². The molecule has 3 nitrogen and oxygen atoms in total. The SMILES string of the molecule is CC(C)[C@@H](N)C(=O)N1Cc2ccccc2C1. The summed E-state index contributed by atoms with van der Waals surface area (Å²) in [6.07, 6.45) is 0. The molecule has 0 saturated carbocycles. The van der Waals surface area contributed by atoms with E-state index >= 15 is 0 Å². The van der Waals surface area contributed by atoms with E-state index in [1.54, 1.807) is 0 Å². The molecule has 1 aromatic carbocycles. The Labute approximate surface area is 96.2 Å². The van der Waals surface area contributed by atoms with E-state index in [1.165, 1.54) is 11.1 Å². The van der Waals surface area contributed by atoms with Crippen LogP contribution in [0, 0.1) is 5.92 Å². The summed E-state index contributed by atoms with van der Waals surface area (Å²) < 4.78 is 0. The summed E-state index contributed by atoms with van der Waals surface area (Å²) in [6, 6.07) is 7.78. The van der Waals surface area contributed by atoms with E-state index in [1.807, 2.05) is 30.9 Å². The summed E-state index contributed by atoms with van der Waals surface area (Å²) in [5, 5.41) is 0. The van der Waals surface area contributed by atoms with Crippen molar-refractivity contribution in [2.24, 2.45) is 11.7 Å². The fourth-order valence-corrected chi connectivity index (χ4v) is 1.98. The van der Waals surface area contributed by atoms with Gasteiger partial charge in [-0.2, -0.15) is 0 Å². The first-order valence-corrected chi connectivity index (χ1v) is 5.70. The topological polar surface area (TPSA) is 46.3 Å². The zero-order chi connectivity index (χ0) is 11.7. The van der Waals surface area contributed by atoms with Gasteiger partial charge in [0, 0.05) is 13.1 Å². The summed E-state index contributed by atoms with van der Waals surface area (Å²) in [5.41, 5.74) is 8.37. The van der Waals surface area contributed by atoms with E-state index in [4.69, 9.17) is 5.73 Å². The minimum absolute atomic E-state index is 0.0613. The van der Waals surface area contributed by atoms with Gasteiger partial charge in [0.2, 0.25) is 5.91 Å². The number of nitrogens with two attached hydrogens (primary N) is 1. The number of fused-ring (bicyclic) bond motifs is 1. The quantitative estimate of drug-likeness (QED) is 0.818.